The maximum absolute atomic E-state index is 5.59. The van der Waals surface area contributed by atoms with E-state index in [0.29, 0.717) is 0 Å². The predicted molar refractivity (Wildman–Crippen MR) is 77.2 cm³/mol. The molecule has 3 rings (SSSR count). The van der Waals surface area contributed by atoms with Crippen LogP contribution in [0.1, 0.15) is 30.5 Å². The van der Waals surface area contributed by atoms with Crippen LogP contribution in [0, 0.1) is 0 Å². The fraction of sp³-hybridized carbons (Fsp3) is 0.625. The number of nitrogens with one attached hydrogen (secondary N) is 1. The summed E-state index contributed by atoms with van der Waals surface area (Å²) in [5.41, 5.74) is 4.57. The third-order valence-corrected chi connectivity index (χ3v) is 4.35. The van der Waals surface area contributed by atoms with Crippen molar-refractivity contribution in [1.82, 2.24) is 10.2 Å². The van der Waals surface area contributed by atoms with Crippen LogP contribution in [0.15, 0.2) is 18.2 Å². The predicted octanol–water partition coefficient (Wildman–Crippen LogP) is 1.94. The van der Waals surface area contributed by atoms with Crippen LogP contribution in [0.5, 0.6) is 0 Å². The highest BCUT2D eigenvalue weighted by atomic mass is 16.5. The first-order valence-electron chi connectivity index (χ1n) is 7.29. The summed E-state index contributed by atoms with van der Waals surface area (Å²) in [4.78, 5) is 2.54. The van der Waals surface area contributed by atoms with Gasteiger partial charge in [-0.25, -0.2) is 0 Å². The second-order valence-corrected chi connectivity index (χ2v) is 6.32. The Kier molecular flexibility index (Phi) is 3.61. The van der Waals surface area contributed by atoms with Gasteiger partial charge in [-0.2, -0.15) is 0 Å². The van der Waals surface area contributed by atoms with Gasteiger partial charge in [0.05, 0.1) is 13.2 Å². The molecule has 2 heterocycles. The molecule has 0 radical (unpaired) electrons. The van der Waals surface area contributed by atoms with E-state index < -0.39 is 0 Å². The van der Waals surface area contributed by atoms with E-state index in [1.165, 1.54) is 23.1 Å². The van der Waals surface area contributed by atoms with E-state index in [1.54, 1.807) is 0 Å². The fourth-order valence-electron chi connectivity index (χ4n) is 3.04. The molecule has 0 unspecified atom stereocenters. The van der Waals surface area contributed by atoms with Gasteiger partial charge in [0, 0.05) is 25.2 Å². The minimum atomic E-state index is 0.145. The molecule has 0 spiro atoms. The zero-order valence-electron chi connectivity index (χ0n) is 12.0. The van der Waals surface area contributed by atoms with Crippen LogP contribution in [0.2, 0.25) is 0 Å². The summed E-state index contributed by atoms with van der Waals surface area (Å²) in [5.74, 6) is 0. The summed E-state index contributed by atoms with van der Waals surface area (Å²) in [7, 11) is 0. The van der Waals surface area contributed by atoms with Crippen molar-refractivity contribution in [3.63, 3.8) is 0 Å². The highest BCUT2D eigenvalue weighted by Crippen LogP contribution is 2.23. The number of benzene rings is 1. The summed E-state index contributed by atoms with van der Waals surface area (Å²) in [6.45, 7) is 10.4. The third kappa shape index (κ3) is 2.83. The topological polar surface area (TPSA) is 24.5 Å². The third-order valence-electron chi connectivity index (χ3n) is 4.35. The van der Waals surface area contributed by atoms with Crippen LogP contribution in [-0.2, 0) is 24.2 Å². The monoisotopic (exact) mass is 260 g/mol. The molecule has 0 amide bonds. The molecule has 104 valence electrons. The summed E-state index contributed by atoms with van der Waals surface area (Å²) >= 11 is 0. The Labute approximate surface area is 115 Å². The average Bonchev–Trinajstić information content (AvgIpc) is 2.41. The first-order valence-corrected chi connectivity index (χ1v) is 7.29. The van der Waals surface area contributed by atoms with Crippen LogP contribution in [0.25, 0.3) is 0 Å². The standard InChI is InChI=1S/C16H24N2O/c1-16(2)12-19-8-7-18(16)11-13-3-4-14-5-6-17-10-15(14)9-13/h3-4,9,17H,5-8,10-12H2,1-2H3. The highest BCUT2D eigenvalue weighted by Gasteiger charge is 2.30. The van der Waals surface area contributed by atoms with Gasteiger partial charge in [0.1, 0.15) is 0 Å². The fourth-order valence-corrected chi connectivity index (χ4v) is 3.04. The van der Waals surface area contributed by atoms with Gasteiger partial charge in [-0.3, -0.25) is 4.90 Å². The summed E-state index contributed by atoms with van der Waals surface area (Å²) in [6, 6.07) is 7.00. The zero-order valence-corrected chi connectivity index (χ0v) is 12.0. The quantitative estimate of drug-likeness (QED) is 0.879. The van der Waals surface area contributed by atoms with Crippen molar-refractivity contribution in [1.29, 1.82) is 0 Å². The van der Waals surface area contributed by atoms with E-state index in [1.807, 2.05) is 0 Å². The zero-order chi connectivity index (χ0) is 13.3. The molecule has 0 atom stereocenters. The molecule has 19 heavy (non-hydrogen) atoms. The van der Waals surface area contributed by atoms with Gasteiger partial charge in [0.25, 0.3) is 0 Å². The Morgan fingerprint density at radius 2 is 2.21 bits per heavy atom. The molecule has 1 fully saturated rings. The Hall–Kier alpha value is -0.900. The van der Waals surface area contributed by atoms with Crippen LogP contribution >= 0.6 is 0 Å². The van der Waals surface area contributed by atoms with E-state index >= 15 is 0 Å². The summed E-state index contributed by atoms with van der Waals surface area (Å²) in [5, 5.41) is 3.45. The van der Waals surface area contributed by atoms with E-state index in [4.69, 9.17) is 4.74 Å². The molecule has 0 aromatic heterocycles. The summed E-state index contributed by atoms with van der Waals surface area (Å²) in [6.07, 6.45) is 1.17. The molecule has 0 aliphatic carbocycles. The first-order chi connectivity index (χ1) is 9.15. The molecular formula is C16H24N2O. The van der Waals surface area contributed by atoms with Crippen LogP contribution < -0.4 is 5.32 Å². The Balaban J connectivity index is 1.75. The number of hydrogen-bond acceptors (Lipinski definition) is 3. The van der Waals surface area contributed by atoms with E-state index in [2.05, 4.69) is 42.3 Å². The Morgan fingerprint density at radius 3 is 3.05 bits per heavy atom. The normalized spacial score (nSPS) is 23.1. The van der Waals surface area contributed by atoms with Crippen LogP contribution in [-0.4, -0.2) is 36.7 Å². The lowest BCUT2D eigenvalue weighted by molar-refractivity contribution is -0.0552. The second kappa shape index (κ2) is 5.23. The minimum Gasteiger partial charge on any atom is -0.378 e. The molecule has 0 saturated carbocycles. The van der Waals surface area contributed by atoms with Crippen LogP contribution in [0.3, 0.4) is 0 Å². The lowest BCUT2D eigenvalue weighted by Crippen LogP contribution is -2.52. The van der Waals surface area contributed by atoms with Crippen LogP contribution in [0.4, 0.5) is 0 Å². The van der Waals surface area contributed by atoms with Gasteiger partial charge in [-0.15, -0.1) is 0 Å². The van der Waals surface area contributed by atoms with Gasteiger partial charge < -0.3 is 10.1 Å². The molecule has 1 N–H and O–H groups in total. The van der Waals surface area contributed by atoms with Gasteiger partial charge in [0.15, 0.2) is 0 Å². The number of morpholine rings is 1. The highest BCUT2D eigenvalue weighted by molar-refractivity contribution is 5.33. The summed E-state index contributed by atoms with van der Waals surface area (Å²) < 4.78 is 5.59. The van der Waals surface area contributed by atoms with E-state index in [9.17, 15) is 0 Å². The van der Waals surface area contributed by atoms with Crippen molar-refractivity contribution in [2.45, 2.75) is 38.9 Å². The Morgan fingerprint density at radius 1 is 1.32 bits per heavy atom. The van der Waals surface area contributed by atoms with Crippen molar-refractivity contribution in [2.75, 3.05) is 26.3 Å². The largest absolute Gasteiger partial charge is 0.378 e. The maximum Gasteiger partial charge on any atom is 0.0645 e. The minimum absolute atomic E-state index is 0.145. The van der Waals surface area contributed by atoms with Crippen molar-refractivity contribution in [3.05, 3.63) is 34.9 Å². The molecule has 1 saturated heterocycles. The van der Waals surface area contributed by atoms with Gasteiger partial charge >= 0.3 is 0 Å². The lowest BCUT2D eigenvalue weighted by atomic mass is 9.97. The van der Waals surface area contributed by atoms with Crippen molar-refractivity contribution in [3.8, 4) is 0 Å². The SMILES string of the molecule is CC1(C)COCCN1Cc1ccc2c(c1)CNCC2. The van der Waals surface area contributed by atoms with Crippen molar-refractivity contribution >= 4 is 0 Å². The number of hydrogen-bond donors (Lipinski definition) is 1. The molecular weight excluding hydrogens is 236 g/mol. The number of rotatable bonds is 2. The molecule has 2 aliphatic rings. The van der Waals surface area contributed by atoms with E-state index in [0.717, 1.165) is 39.4 Å². The molecule has 2 aliphatic heterocycles. The first kappa shape index (κ1) is 13.1. The number of fused-ring (bicyclic) bond motifs is 1. The lowest BCUT2D eigenvalue weighted by Gasteiger charge is -2.42. The van der Waals surface area contributed by atoms with Gasteiger partial charge in [0.2, 0.25) is 0 Å². The van der Waals surface area contributed by atoms with Gasteiger partial charge in [-0.05, 0) is 43.5 Å². The number of nitrogens with zero attached hydrogens (tertiary/aromatic N) is 1. The van der Waals surface area contributed by atoms with Crippen molar-refractivity contribution in [2.24, 2.45) is 0 Å². The molecule has 3 heteroatoms. The second-order valence-electron chi connectivity index (χ2n) is 6.32. The van der Waals surface area contributed by atoms with Crippen molar-refractivity contribution < 1.29 is 4.74 Å². The maximum atomic E-state index is 5.59. The molecule has 3 nitrogen and oxygen atoms in total. The number of ether oxygens (including phenoxy) is 1. The molecule has 1 aromatic carbocycles. The Bertz CT molecular complexity index is 456. The van der Waals surface area contributed by atoms with Gasteiger partial charge in [-0.1, -0.05) is 18.2 Å². The molecule has 0 bridgehead atoms. The smallest absolute Gasteiger partial charge is 0.0645 e. The average molecular weight is 260 g/mol. The van der Waals surface area contributed by atoms with E-state index in [-0.39, 0.29) is 5.54 Å². The molecule has 1 aromatic rings.